The molecule has 0 spiro atoms. The van der Waals surface area contributed by atoms with E-state index < -0.39 is 5.95 Å². The third kappa shape index (κ3) is 1.56. The molecule has 0 radical (unpaired) electrons. The van der Waals surface area contributed by atoms with Crippen molar-refractivity contribution in [2.75, 3.05) is 7.11 Å². The van der Waals surface area contributed by atoms with E-state index >= 15 is 0 Å². The number of rotatable bonds is 3. The lowest BCUT2D eigenvalue weighted by Crippen LogP contribution is -2.02. The molecule has 16 heavy (non-hydrogen) atoms. The van der Waals surface area contributed by atoms with Crippen molar-refractivity contribution in [3.8, 4) is 11.4 Å². The molecule has 0 fully saturated rings. The van der Waals surface area contributed by atoms with Gasteiger partial charge in [-0.15, -0.1) is 0 Å². The van der Waals surface area contributed by atoms with Crippen LogP contribution in [0.3, 0.4) is 0 Å². The van der Waals surface area contributed by atoms with Crippen molar-refractivity contribution < 1.29 is 13.9 Å². The minimum atomic E-state index is -0.695. The second-order valence-electron chi connectivity index (χ2n) is 3.09. The molecule has 0 saturated carbocycles. The molecule has 0 atom stereocenters. The zero-order chi connectivity index (χ0) is 11.5. The number of carbonyl (C=O) groups excluding carboxylic acids is 1. The number of hydrogen-bond donors (Lipinski definition) is 0. The summed E-state index contributed by atoms with van der Waals surface area (Å²) < 4.78 is 19.8. The number of para-hydroxylation sites is 2. The summed E-state index contributed by atoms with van der Waals surface area (Å²) in [6, 6.07) is 6.85. The van der Waals surface area contributed by atoms with Crippen LogP contribution >= 0.6 is 0 Å². The van der Waals surface area contributed by atoms with Crippen LogP contribution < -0.4 is 4.74 Å². The van der Waals surface area contributed by atoms with E-state index in [1.54, 1.807) is 24.3 Å². The molecule has 0 aliphatic rings. The first-order chi connectivity index (χ1) is 7.77. The molecule has 2 rings (SSSR count). The van der Waals surface area contributed by atoms with E-state index in [1.807, 2.05) is 0 Å². The minimum Gasteiger partial charge on any atom is -0.494 e. The summed E-state index contributed by atoms with van der Waals surface area (Å²) in [5, 5.41) is 3.80. The number of ether oxygens (including phenoxy) is 1. The Morgan fingerprint density at radius 2 is 2.19 bits per heavy atom. The minimum absolute atomic E-state index is 0.0779. The van der Waals surface area contributed by atoms with E-state index in [9.17, 15) is 9.18 Å². The molecule has 1 heterocycles. The predicted octanol–water partition coefficient (Wildman–Crippen LogP) is 1.83. The molecule has 0 bridgehead atoms. The van der Waals surface area contributed by atoms with Crippen molar-refractivity contribution in [3.63, 3.8) is 0 Å². The molecule has 0 aliphatic heterocycles. The van der Waals surface area contributed by atoms with E-state index in [0.717, 1.165) is 4.68 Å². The van der Waals surface area contributed by atoms with Crippen molar-refractivity contribution >= 4 is 6.29 Å². The first kappa shape index (κ1) is 10.4. The highest BCUT2D eigenvalue weighted by Gasteiger charge is 2.13. The van der Waals surface area contributed by atoms with Gasteiger partial charge in [0.25, 0.3) is 0 Å². The van der Waals surface area contributed by atoms with Gasteiger partial charge in [-0.05, 0) is 12.1 Å². The highest BCUT2D eigenvalue weighted by atomic mass is 19.1. The van der Waals surface area contributed by atoms with Crippen LogP contribution in [0.2, 0.25) is 0 Å². The summed E-state index contributed by atoms with van der Waals surface area (Å²) in [6.07, 6.45) is 1.60. The summed E-state index contributed by atoms with van der Waals surface area (Å²) in [5.41, 5.74) is 0.376. The molecule has 1 aromatic heterocycles. The van der Waals surface area contributed by atoms with Gasteiger partial charge in [-0.3, -0.25) is 4.79 Å². The largest absolute Gasteiger partial charge is 0.494 e. The molecule has 82 valence electrons. The summed E-state index contributed by atoms with van der Waals surface area (Å²) in [6.45, 7) is 0. The SMILES string of the molecule is COc1ccccc1-n1ncc(C=O)c1F. The topological polar surface area (TPSA) is 44.1 Å². The molecular weight excluding hydrogens is 211 g/mol. The Hall–Kier alpha value is -2.17. The van der Waals surface area contributed by atoms with Crippen LogP contribution in [0, 0.1) is 5.95 Å². The number of methoxy groups -OCH3 is 1. The Balaban J connectivity index is 2.58. The molecule has 5 heteroatoms. The third-order valence-electron chi connectivity index (χ3n) is 2.18. The quantitative estimate of drug-likeness (QED) is 0.741. The van der Waals surface area contributed by atoms with Gasteiger partial charge in [-0.25, -0.2) is 4.68 Å². The number of aldehydes is 1. The zero-order valence-corrected chi connectivity index (χ0v) is 8.55. The lowest BCUT2D eigenvalue weighted by Gasteiger charge is -2.07. The third-order valence-corrected chi connectivity index (χ3v) is 2.18. The fourth-order valence-corrected chi connectivity index (χ4v) is 1.40. The predicted molar refractivity (Wildman–Crippen MR) is 55.5 cm³/mol. The summed E-state index contributed by atoms with van der Waals surface area (Å²) in [7, 11) is 1.49. The Kier molecular flexibility index (Phi) is 2.68. The Morgan fingerprint density at radius 3 is 2.81 bits per heavy atom. The molecule has 4 nitrogen and oxygen atoms in total. The highest BCUT2D eigenvalue weighted by molar-refractivity contribution is 5.74. The lowest BCUT2D eigenvalue weighted by atomic mass is 10.3. The van der Waals surface area contributed by atoms with Gasteiger partial charge in [0.2, 0.25) is 5.95 Å². The second-order valence-corrected chi connectivity index (χ2v) is 3.09. The van der Waals surface area contributed by atoms with Crippen molar-refractivity contribution in [2.24, 2.45) is 0 Å². The normalized spacial score (nSPS) is 10.1. The van der Waals surface area contributed by atoms with Crippen molar-refractivity contribution in [1.82, 2.24) is 9.78 Å². The number of carbonyl (C=O) groups is 1. The van der Waals surface area contributed by atoms with Gasteiger partial charge in [0, 0.05) is 0 Å². The fourth-order valence-electron chi connectivity index (χ4n) is 1.40. The van der Waals surface area contributed by atoms with E-state index in [-0.39, 0.29) is 5.56 Å². The fraction of sp³-hybridized carbons (Fsp3) is 0.0909. The van der Waals surface area contributed by atoms with Crippen LogP contribution in [0.4, 0.5) is 4.39 Å². The second kappa shape index (κ2) is 4.14. The van der Waals surface area contributed by atoms with Crippen LogP contribution in [0.1, 0.15) is 10.4 Å². The van der Waals surface area contributed by atoms with Gasteiger partial charge < -0.3 is 4.74 Å². The van der Waals surface area contributed by atoms with Crippen LogP contribution in [0.25, 0.3) is 5.69 Å². The lowest BCUT2D eigenvalue weighted by molar-refractivity contribution is 0.111. The monoisotopic (exact) mass is 220 g/mol. The van der Waals surface area contributed by atoms with Crippen LogP contribution in [-0.4, -0.2) is 23.2 Å². The average molecular weight is 220 g/mol. The zero-order valence-electron chi connectivity index (χ0n) is 8.55. The molecule has 0 aliphatic carbocycles. The van der Waals surface area contributed by atoms with E-state index in [0.29, 0.717) is 17.7 Å². The van der Waals surface area contributed by atoms with Gasteiger partial charge in [-0.2, -0.15) is 9.49 Å². The molecule has 0 N–H and O–H groups in total. The maximum atomic E-state index is 13.6. The van der Waals surface area contributed by atoms with Crippen molar-refractivity contribution in [2.45, 2.75) is 0 Å². The number of hydrogen-bond acceptors (Lipinski definition) is 3. The van der Waals surface area contributed by atoms with E-state index in [1.165, 1.54) is 13.3 Å². The van der Waals surface area contributed by atoms with Gasteiger partial charge >= 0.3 is 0 Å². The smallest absolute Gasteiger partial charge is 0.226 e. The molecule has 0 saturated heterocycles. The number of halogens is 1. The number of nitrogens with zero attached hydrogens (tertiary/aromatic N) is 2. The number of aromatic nitrogens is 2. The van der Waals surface area contributed by atoms with E-state index in [2.05, 4.69) is 5.10 Å². The molecule has 0 unspecified atom stereocenters. The van der Waals surface area contributed by atoms with Gasteiger partial charge in [0.05, 0.1) is 18.9 Å². The first-order valence-electron chi connectivity index (χ1n) is 4.60. The van der Waals surface area contributed by atoms with Crippen LogP contribution in [0.15, 0.2) is 30.5 Å². The molecule has 0 amide bonds. The summed E-state index contributed by atoms with van der Waals surface area (Å²) in [5.74, 6) is -0.207. The number of benzene rings is 1. The first-order valence-corrected chi connectivity index (χ1v) is 4.60. The molecular formula is C11H9FN2O2. The maximum Gasteiger partial charge on any atom is 0.226 e. The Bertz CT molecular complexity index is 522. The maximum absolute atomic E-state index is 13.6. The van der Waals surface area contributed by atoms with Crippen molar-refractivity contribution in [3.05, 3.63) is 42.0 Å². The summed E-state index contributed by atoms with van der Waals surface area (Å²) >= 11 is 0. The van der Waals surface area contributed by atoms with Crippen LogP contribution in [-0.2, 0) is 0 Å². The van der Waals surface area contributed by atoms with Crippen molar-refractivity contribution in [1.29, 1.82) is 0 Å². The Labute approximate surface area is 91.3 Å². The van der Waals surface area contributed by atoms with Gasteiger partial charge in [0.1, 0.15) is 11.4 Å². The standard InChI is InChI=1S/C11H9FN2O2/c1-16-10-5-3-2-4-9(10)14-11(12)8(7-15)6-13-14/h2-7H,1H3. The van der Waals surface area contributed by atoms with Gasteiger partial charge in [0.15, 0.2) is 6.29 Å². The Morgan fingerprint density at radius 1 is 1.44 bits per heavy atom. The molecule has 2 aromatic rings. The van der Waals surface area contributed by atoms with Crippen LogP contribution in [0.5, 0.6) is 5.75 Å². The average Bonchev–Trinajstić information content (AvgIpc) is 2.70. The molecule has 1 aromatic carbocycles. The highest BCUT2D eigenvalue weighted by Crippen LogP contribution is 2.22. The summed E-state index contributed by atoms with van der Waals surface area (Å²) in [4.78, 5) is 10.5. The van der Waals surface area contributed by atoms with E-state index in [4.69, 9.17) is 4.74 Å². The van der Waals surface area contributed by atoms with Gasteiger partial charge in [-0.1, -0.05) is 12.1 Å².